The van der Waals surface area contributed by atoms with Gasteiger partial charge in [-0.2, -0.15) is 0 Å². The predicted octanol–water partition coefficient (Wildman–Crippen LogP) is 5.98. The molecule has 0 bridgehead atoms. The zero-order chi connectivity index (χ0) is 23.2. The number of nitrogens with one attached hydrogen (secondary N) is 1. The fourth-order valence-electron chi connectivity index (χ4n) is 4.85. The maximum atomic E-state index is 13.6. The summed E-state index contributed by atoms with van der Waals surface area (Å²) in [5, 5.41) is 4.90. The second-order valence-electron chi connectivity index (χ2n) is 8.48. The molecular formula is C26H22ClFN6. The van der Waals surface area contributed by atoms with Crippen molar-refractivity contribution >= 4 is 28.5 Å². The third-order valence-corrected chi connectivity index (χ3v) is 6.67. The summed E-state index contributed by atoms with van der Waals surface area (Å²) < 4.78 is 18.2. The number of anilines is 1. The van der Waals surface area contributed by atoms with Crippen molar-refractivity contribution in [2.45, 2.75) is 25.4 Å². The Morgan fingerprint density at radius 3 is 2.76 bits per heavy atom. The van der Waals surface area contributed by atoms with Gasteiger partial charge >= 0.3 is 0 Å². The van der Waals surface area contributed by atoms with E-state index in [0.717, 1.165) is 63.8 Å². The van der Waals surface area contributed by atoms with Crippen molar-refractivity contribution in [2.75, 3.05) is 12.4 Å². The third kappa shape index (κ3) is 3.53. The highest BCUT2D eigenvalue weighted by Gasteiger charge is 2.31. The molecule has 1 atom stereocenters. The normalized spacial score (nSPS) is 15.1. The van der Waals surface area contributed by atoms with E-state index in [-0.39, 0.29) is 11.9 Å². The topological polar surface area (TPSA) is 60.6 Å². The quantitative estimate of drug-likeness (QED) is 0.341. The molecule has 5 aromatic rings. The van der Waals surface area contributed by atoms with Crippen molar-refractivity contribution < 1.29 is 4.39 Å². The van der Waals surface area contributed by atoms with Gasteiger partial charge in [-0.05, 0) is 60.3 Å². The van der Waals surface area contributed by atoms with E-state index >= 15 is 0 Å². The summed E-state index contributed by atoms with van der Waals surface area (Å²) in [7, 11) is 1.80. The highest BCUT2D eigenvalue weighted by molar-refractivity contribution is 6.31. The number of fused-ring (bicyclic) bond motifs is 2. The van der Waals surface area contributed by atoms with Crippen molar-refractivity contribution in [3.63, 3.8) is 0 Å². The third-order valence-electron chi connectivity index (χ3n) is 6.43. The van der Waals surface area contributed by atoms with Gasteiger partial charge in [0, 0.05) is 48.5 Å². The number of aromatic nitrogens is 5. The summed E-state index contributed by atoms with van der Waals surface area (Å²) in [5.74, 6) is 1.28. The van der Waals surface area contributed by atoms with E-state index in [1.165, 1.54) is 12.1 Å². The number of halogens is 2. The first-order chi connectivity index (χ1) is 16.6. The van der Waals surface area contributed by atoms with Gasteiger partial charge in [0.2, 0.25) is 5.95 Å². The van der Waals surface area contributed by atoms with Gasteiger partial charge in [-0.1, -0.05) is 17.7 Å². The largest absolute Gasteiger partial charge is 0.357 e. The molecule has 0 unspecified atom stereocenters. The van der Waals surface area contributed by atoms with E-state index < -0.39 is 0 Å². The summed E-state index contributed by atoms with van der Waals surface area (Å²) >= 11 is 6.29. The number of rotatable bonds is 5. The molecule has 1 N–H and O–H groups in total. The number of benzene rings is 2. The van der Waals surface area contributed by atoms with E-state index in [4.69, 9.17) is 21.6 Å². The van der Waals surface area contributed by atoms with Crippen LogP contribution in [0.4, 0.5) is 10.3 Å². The molecule has 170 valence electrons. The molecule has 1 aliphatic heterocycles. The second kappa shape index (κ2) is 8.25. The van der Waals surface area contributed by atoms with Crippen LogP contribution in [0.1, 0.15) is 18.3 Å². The Morgan fingerprint density at radius 1 is 1.09 bits per heavy atom. The van der Waals surface area contributed by atoms with Gasteiger partial charge < -0.3 is 14.5 Å². The first-order valence-corrected chi connectivity index (χ1v) is 11.6. The number of hydrogen-bond donors (Lipinski definition) is 1. The zero-order valence-corrected chi connectivity index (χ0v) is 19.3. The molecule has 8 heteroatoms. The smallest absolute Gasteiger partial charge is 0.222 e. The van der Waals surface area contributed by atoms with Crippen molar-refractivity contribution in [1.82, 2.24) is 24.1 Å². The van der Waals surface area contributed by atoms with E-state index in [2.05, 4.69) is 31.7 Å². The Morgan fingerprint density at radius 2 is 1.94 bits per heavy atom. The molecule has 0 fully saturated rings. The predicted molar refractivity (Wildman–Crippen MR) is 132 cm³/mol. The number of aryl methyl sites for hydroxylation is 1. The highest BCUT2D eigenvalue weighted by atomic mass is 35.5. The van der Waals surface area contributed by atoms with Crippen LogP contribution in [0.15, 0.2) is 67.0 Å². The maximum absolute atomic E-state index is 13.6. The first kappa shape index (κ1) is 20.9. The minimum absolute atomic E-state index is 0.189. The molecule has 3 aromatic heterocycles. The zero-order valence-electron chi connectivity index (χ0n) is 18.5. The molecule has 2 aromatic carbocycles. The van der Waals surface area contributed by atoms with Crippen LogP contribution < -0.4 is 5.32 Å². The summed E-state index contributed by atoms with van der Waals surface area (Å²) in [6.07, 6.45) is 5.69. The molecule has 34 heavy (non-hydrogen) atoms. The average Bonchev–Trinajstić information content (AvgIpc) is 3.54. The van der Waals surface area contributed by atoms with E-state index in [9.17, 15) is 4.39 Å². The monoisotopic (exact) mass is 472 g/mol. The molecule has 1 aliphatic rings. The molecule has 4 heterocycles. The van der Waals surface area contributed by atoms with Crippen LogP contribution >= 0.6 is 11.6 Å². The lowest BCUT2D eigenvalue weighted by molar-refractivity contribution is 0.459. The number of hydrogen-bond acceptors (Lipinski definition) is 4. The van der Waals surface area contributed by atoms with Crippen LogP contribution in [0.2, 0.25) is 5.02 Å². The molecule has 0 spiro atoms. The van der Waals surface area contributed by atoms with Gasteiger partial charge in [-0.3, -0.25) is 0 Å². The summed E-state index contributed by atoms with van der Waals surface area (Å²) in [6, 6.07) is 16.7. The molecule has 0 aliphatic carbocycles. The highest BCUT2D eigenvalue weighted by Crippen LogP contribution is 2.40. The van der Waals surface area contributed by atoms with E-state index in [0.29, 0.717) is 5.95 Å². The Labute approximate surface area is 201 Å². The van der Waals surface area contributed by atoms with Gasteiger partial charge in [0.25, 0.3) is 0 Å². The lowest BCUT2D eigenvalue weighted by Crippen LogP contribution is -2.13. The van der Waals surface area contributed by atoms with Gasteiger partial charge in [0.15, 0.2) is 0 Å². The van der Waals surface area contributed by atoms with Crippen LogP contribution in [0, 0.1) is 5.82 Å². The van der Waals surface area contributed by atoms with Crippen LogP contribution in [0.3, 0.4) is 0 Å². The fourth-order valence-corrected chi connectivity index (χ4v) is 5.02. The Kier molecular flexibility index (Phi) is 5.07. The van der Waals surface area contributed by atoms with Gasteiger partial charge in [0.05, 0.1) is 23.1 Å². The first-order valence-electron chi connectivity index (χ1n) is 11.2. The average molecular weight is 473 g/mol. The lowest BCUT2D eigenvalue weighted by Gasteiger charge is -2.19. The van der Waals surface area contributed by atoms with Crippen LogP contribution in [0.25, 0.3) is 33.5 Å². The minimum atomic E-state index is -0.271. The SMILES string of the molecule is CNc1nccc(-c2c(-c3ccc(F)cc3)nc3n2[C@H](Cn2ccc4ccc(Cl)cc42)CC3)n1. The van der Waals surface area contributed by atoms with Crippen LogP contribution in [-0.4, -0.2) is 31.1 Å². The molecule has 6 nitrogen and oxygen atoms in total. The van der Waals surface area contributed by atoms with Crippen molar-refractivity contribution in [3.05, 3.63) is 83.7 Å². The molecular weight excluding hydrogens is 451 g/mol. The molecule has 6 rings (SSSR count). The standard InChI is InChI=1S/C26H22ClFN6/c1-29-26-30-12-10-21(31-26)25-24(17-3-6-19(28)7-4-17)32-23-9-8-20(34(23)25)15-33-13-11-16-2-5-18(27)14-22(16)33/h2-7,10-14,20H,8-9,15H2,1H3,(H,29,30,31)/t20-/m0/s1. The number of imidazole rings is 1. The van der Waals surface area contributed by atoms with Crippen molar-refractivity contribution in [2.24, 2.45) is 0 Å². The van der Waals surface area contributed by atoms with Crippen molar-refractivity contribution in [1.29, 1.82) is 0 Å². The Hall–Kier alpha value is -3.71. The van der Waals surface area contributed by atoms with Gasteiger partial charge in [-0.15, -0.1) is 0 Å². The van der Waals surface area contributed by atoms with Gasteiger partial charge in [0.1, 0.15) is 11.6 Å². The molecule has 0 saturated heterocycles. The summed E-state index contributed by atoms with van der Waals surface area (Å²) in [5.41, 5.74) is 4.49. The maximum Gasteiger partial charge on any atom is 0.222 e. The minimum Gasteiger partial charge on any atom is -0.357 e. The second-order valence-corrected chi connectivity index (χ2v) is 8.92. The van der Waals surface area contributed by atoms with Crippen LogP contribution in [0.5, 0.6) is 0 Å². The fraction of sp³-hybridized carbons (Fsp3) is 0.192. The van der Waals surface area contributed by atoms with E-state index in [1.807, 2.05) is 24.3 Å². The summed E-state index contributed by atoms with van der Waals surface area (Å²) in [4.78, 5) is 14.0. The molecule has 0 amide bonds. The Bertz CT molecular complexity index is 1500. The number of nitrogens with zero attached hydrogens (tertiary/aromatic N) is 5. The molecule has 0 radical (unpaired) electrons. The van der Waals surface area contributed by atoms with Crippen LogP contribution in [-0.2, 0) is 13.0 Å². The van der Waals surface area contributed by atoms with Gasteiger partial charge in [-0.25, -0.2) is 19.3 Å². The Balaban J connectivity index is 1.49. The molecule has 0 saturated carbocycles. The summed E-state index contributed by atoms with van der Waals surface area (Å²) in [6.45, 7) is 0.785. The van der Waals surface area contributed by atoms with E-state index in [1.54, 1.807) is 25.4 Å². The van der Waals surface area contributed by atoms with Crippen molar-refractivity contribution in [3.8, 4) is 22.6 Å². The lowest BCUT2D eigenvalue weighted by atomic mass is 10.1.